The predicted octanol–water partition coefficient (Wildman–Crippen LogP) is 6.16. The van der Waals surface area contributed by atoms with Crippen LogP contribution in [0.5, 0.6) is 0 Å². The Morgan fingerprint density at radius 1 is 0.514 bits per heavy atom. The lowest BCUT2D eigenvalue weighted by molar-refractivity contribution is -0.150. The van der Waals surface area contributed by atoms with Crippen LogP contribution >= 0.6 is 0 Å². The number of hydrogen-bond donors (Lipinski definition) is 0. The Morgan fingerprint density at radius 3 is 1.00 bits per heavy atom. The van der Waals surface area contributed by atoms with Gasteiger partial charge in [-0.3, -0.25) is 9.59 Å². The van der Waals surface area contributed by atoms with Gasteiger partial charge in [-0.1, -0.05) is 0 Å². The summed E-state index contributed by atoms with van der Waals surface area (Å²) in [6, 6.07) is 0. The molecule has 0 heterocycles. The first kappa shape index (κ1) is 27.9. The lowest BCUT2D eigenvalue weighted by atomic mass is 10.1. The molecule has 0 radical (unpaired) electrons. The van der Waals surface area contributed by atoms with E-state index in [0.29, 0.717) is 0 Å². The zero-order valence-electron chi connectivity index (χ0n) is 17.7. The van der Waals surface area contributed by atoms with Crippen LogP contribution in [-0.4, -0.2) is 11.9 Å². The molecule has 35 heavy (non-hydrogen) atoms. The lowest BCUT2D eigenvalue weighted by Crippen LogP contribution is -2.16. The summed E-state index contributed by atoms with van der Waals surface area (Å²) in [6.45, 7) is 1.66. The lowest BCUT2D eigenvalue weighted by Gasteiger charge is -2.17. The molecule has 0 amide bonds. The number of benzene rings is 2. The number of esters is 2. The molecule has 2 atom stereocenters. The van der Waals surface area contributed by atoms with Gasteiger partial charge in [0.1, 0.15) is 12.2 Å². The zero-order valence-corrected chi connectivity index (χ0v) is 17.7. The molecule has 0 fully saturated rings. The van der Waals surface area contributed by atoms with Crippen molar-refractivity contribution in [2.45, 2.75) is 45.3 Å². The Balaban J connectivity index is 1.96. The minimum Gasteiger partial charge on any atom is -0.458 e. The highest BCUT2D eigenvalue weighted by molar-refractivity contribution is 5.73. The van der Waals surface area contributed by atoms with E-state index in [-0.39, 0.29) is 6.42 Å². The van der Waals surface area contributed by atoms with Crippen molar-refractivity contribution >= 4 is 11.9 Å². The Hall–Kier alpha value is -3.32. The van der Waals surface area contributed by atoms with Gasteiger partial charge in [0.15, 0.2) is 46.5 Å². The Kier molecular flexibility index (Phi) is 8.74. The highest BCUT2D eigenvalue weighted by atomic mass is 19.2. The third-order valence-electron chi connectivity index (χ3n) is 4.68. The van der Waals surface area contributed by atoms with Gasteiger partial charge in [-0.05, 0) is 20.3 Å². The molecule has 0 spiro atoms. The molecule has 4 nitrogen and oxygen atoms in total. The maximum absolute atomic E-state index is 13.8. The van der Waals surface area contributed by atoms with E-state index in [1.165, 1.54) is 0 Å². The van der Waals surface area contributed by atoms with Crippen LogP contribution < -0.4 is 0 Å². The van der Waals surface area contributed by atoms with Crippen LogP contribution in [-0.2, 0) is 19.1 Å². The van der Waals surface area contributed by atoms with E-state index >= 15 is 0 Å². The fraction of sp³-hybridized carbons (Fsp3) is 0.333. The summed E-state index contributed by atoms with van der Waals surface area (Å²) in [5.41, 5.74) is -2.79. The van der Waals surface area contributed by atoms with Gasteiger partial charge in [0.25, 0.3) is 0 Å². The average molecular weight is 520 g/mol. The maximum Gasteiger partial charge on any atom is 0.306 e. The molecule has 2 aromatic carbocycles. The third-order valence-corrected chi connectivity index (χ3v) is 4.68. The fourth-order valence-electron chi connectivity index (χ4n) is 2.96. The molecule has 2 unspecified atom stereocenters. The van der Waals surface area contributed by atoms with Crippen molar-refractivity contribution in [1.82, 2.24) is 0 Å². The zero-order chi connectivity index (χ0) is 26.8. The Labute approximate surface area is 190 Å². The first-order valence-electron chi connectivity index (χ1n) is 9.62. The van der Waals surface area contributed by atoms with Crippen LogP contribution in [0.25, 0.3) is 0 Å². The molecular formula is C21H14F10O4. The standard InChI is InChI=1S/C21H14F10O4/c1-6(10-12(22)16(26)20(30)17(27)13(10)23)34-8(32)4-3-5-9(33)35-7(2)11-14(24)18(28)21(31)19(29)15(11)25/h6-7H,3-5H2,1-2H3. The van der Waals surface area contributed by atoms with E-state index in [1.54, 1.807) is 0 Å². The maximum atomic E-state index is 13.8. The second-order valence-corrected chi connectivity index (χ2v) is 7.08. The number of ether oxygens (including phenoxy) is 2. The highest BCUT2D eigenvalue weighted by Crippen LogP contribution is 2.31. The second-order valence-electron chi connectivity index (χ2n) is 7.08. The predicted molar refractivity (Wildman–Crippen MR) is 95.3 cm³/mol. The van der Waals surface area contributed by atoms with Gasteiger partial charge in [-0.15, -0.1) is 0 Å². The third kappa shape index (κ3) is 5.68. The van der Waals surface area contributed by atoms with E-state index in [4.69, 9.17) is 0 Å². The molecule has 0 aliphatic heterocycles. The van der Waals surface area contributed by atoms with E-state index in [1.807, 2.05) is 0 Å². The Bertz CT molecular complexity index is 1020. The topological polar surface area (TPSA) is 52.6 Å². The van der Waals surface area contributed by atoms with Crippen molar-refractivity contribution in [3.05, 3.63) is 69.3 Å². The van der Waals surface area contributed by atoms with Crippen LogP contribution in [0.2, 0.25) is 0 Å². The molecule has 0 aliphatic rings. The summed E-state index contributed by atoms with van der Waals surface area (Å²) in [5.74, 6) is -25.0. The van der Waals surface area contributed by atoms with Crippen LogP contribution in [0.4, 0.5) is 43.9 Å². The van der Waals surface area contributed by atoms with Crippen molar-refractivity contribution in [3.8, 4) is 0 Å². The van der Waals surface area contributed by atoms with Crippen molar-refractivity contribution in [2.24, 2.45) is 0 Å². The van der Waals surface area contributed by atoms with Gasteiger partial charge in [0.2, 0.25) is 11.6 Å². The number of hydrogen-bond acceptors (Lipinski definition) is 4. The number of halogens is 10. The molecule has 14 heteroatoms. The van der Waals surface area contributed by atoms with E-state index in [9.17, 15) is 53.5 Å². The molecule has 192 valence electrons. The molecule has 0 bridgehead atoms. The van der Waals surface area contributed by atoms with Gasteiger partial charge in [-0.2, -0.15) is 0 Å². The molecule has 2 rings (SSSR count). The average Bonchev–Trinajstić information content (AvgIpc) is 2.79. The first-order chi connectivity index (χ1) is 16.2. The monoisotopic (exact) mass is 520 g/mol. The second kappa shape index (κ2) is 11.0. The SMILES string of the molecule is CC(OC(=O)CCCC(=O)OC(C)c1c(F)c(F)c(F)c(F)c1F)c1c(F)c(F)c(F)c(F)c1F. The summed E-state index contributed by atoms with van der Waals surface area (Å²) in [7, 11) is 0. The summed E-state index contributed by atoms with van der Waals surface area (Å²) >= 11 is 0. The van der Waals surface area contributed by atoms with Crippen molar-refractivity contribution in [1.29, 1.82) is 0 Å². The summed E-state index contributed by atoms with van der Waals surface area (Å²) in [5, 5.41) is 0. The van der Waals surface area contributed by atoms with Gasteiger partial charge in [0, 0.05) is 12.8 Å². The van der Waals surface area contributed by atoms with E-state index in [2.05, 4.69) is 9.47 Å². The summed E-state index contributed by atoms with van der Waals surface area (Å²) < 4.78 is 144. The molecule has 0 N–H and O–H groups in total. The minimum atomic E-state index is -2.40. The molecule has 0 saturated carbocycles. The minimum absolute atomic E-state index is 0.384. The van der Waals surface area contributed by atoms with Crippen molar-refractivity contribution < 1.29 is 63.0 Å². The van der Waals surface area contributed by atoms with E-state index < -0.39 is 106 Å². The van der Waals surface area contributed by atoms with E-state index in [0.717, 1.165) is 13.8 Å². The Morgan fingerprint density at radius 2 is 0.743 bits per heavy atom. The quantitative estimate of drug-likeness (QED) is 0.181. The van der Waals surface area contributed by atoms with Gasteiger partial charge in [-0.25, -0.2) is 43.9 Å². The smallest absolute Gasteiger partial charge is 0.306 e. The summed E-state index contributed by atoms with van der Waals surface area (Å²) in [6.07, 6.45) is -5.47. The number of carbonyl (C=O) groups excluding carboxylic acids is 2. The van der Waals surface area contributed by atoms with Crippen LogP contribution in [0, 0.1) is 58.2 Å². The molecule has 2 aromatic rings. The highest BCUT2D eigenvalue weighted by Gasteiger charge is 2.31. The fourth-order valence-corrected chi connectivity index (χ4v) is 2.96. The van der Waals surface area contributed by atoms with Gasteiger partial charge < -0.3 is 9.47 Å². The van der Waals surface area contributed by atoms with Crippen LogP contribution in [0.1, 0.15) is 56.4 Å². The van der Waals surface area contributed by atoms with Gasteiger partial charge >= 0.3 is 11.9 Å². The van der Waals surface area contributed by atoms with Crippen LogP contribution in [0.15, 0.2) is 0 Å². The normalized spacial score (nSPS) is 12.9. The van der Waals surface area contributed by atoms with Crippen molar-refractivity contribution in [3.63, 3.8) is 0 Å². The largest absolute Gasteiger partial charge is 0.458 e. The molecule has 0 saturated heterocycles. The molecular weight excluding hydrogens is 506 g/mol. The van der Waals surface area contributed by atoms with Crippen LogP contribution in [0.3, 0.4) is 0 Å². The first-order valence-corrected chi connectivity index (χ1v) is 9.62. The molecule has 0 aliphatic carbocycles. The van der Waals surface area contributed by atoms with Crippen molar-refractivity contribution in [2.75, 3.05) is 0 Å². The summed E-state index contributed by atoms with van der Waals surface area (Å²) in [4.78, 5) is 23.6. The van der Waals surface area contributed by atoms with Gasteiger partial charge in [0.05, 0.1) is 11.1 Å². The number of carbonyl (C=O) groups is 2. The molecule has 0 aromatic heterocycles. The number of rotatable bonds is 8.